The Morgan fingerprint density at radius 1 is 0.463 bits per heavy atom. The topological polar surface area (TPSA) is 45.6 Å². The van der Waals surface area contributed by atoms with E-state index in [0.717, 1.165) is 67.7 Å². The molecular formula is C50H39N3O. The van der Waals surface area contributed by atoms with Crippen molar-refractivity contribution in [2.24, 2.45) is 4.99 Å². The summed E-state index contributed by atoms with van der Waals surface area (Å²) in [4.78, 5) is 5.44. The Balaban J connectivity index is 1.20. The Morgan fingerprint density at radius 3 is 1.70 bits per heavy atom. The van der Waals surface area contributed by atoms with Crippen molar-refractivity contribution in [2.75, 3.05) is 0 Å². The smallest absolute Gasteiger partial charge is 0.152 e. The molecule has 1 spiro atoms. The molecule has 2 heterocycles. The number of hydrogen-bond donors (Lipinski definition) is 2. The molecule has 0 unspecified atom stereocenters. The summed E-state index contributed by atoms with van der Waals surface area (Å²) >= 11 is 0. The van der Waals surface area contributed by atoms with E-state index in [1.54, 1.807) is 0 Å². The molecule has 2 N–H and O–H groups in total. The zero-order valence-electron chi connectivity index (χ0n) is 30.5. The van der Waals surface area contributed by atoms with E-state index >= 15 is 0 Å². The Kier molecular flexibility index (Phi) is 7.24. The van der Waals surface area contributed by atoms with Crippen molar-refractivity contribution in [1.29, 1.82) is 0 Å². The van der Waals surface area contributed by atoms with E-state index in [1.807, 2.05) is 0 Å². The van der Waals surface area contributed by atoms with Gasteiger partial charge in [-0.25, -0.2) is 4.99 Å². The fraction of sp³-hybridized carbons (Fsp3) is 0.100. The van der Waals surface area contributed by atoms with Crippen LogP contribution in [0.15, 0.2) is 175 Å². The highest BCUT2D eigenvalue weighted by atomic mass is 16.5. The second-order valence-corrected chi connectivity index (χ2v) is 15.3. The summed E-state index contributed by atoms with van der Waals surface area (Å²) in [5.74, 6) is 2.56. The number of aliphatic imine (C=N–C) groups is 1. The van der Waals surface area contributed by atoms with Crippen LogP contribution < -0.4 is 15.6 Å². The second kappa shape index (κ2) is 12.2. The first kappa shape index (κ1) is 32.0. The predicted octanol–water partition coefficient (Wildman–Crippen LogP) is 11.5. The van der Waals surface area contributed by atoms with E-state index in [1.165, 1.54) is 27.8 Å². The molecule has 260 valence electrons. The molecule has 0 bridgehead atoms. The maximum absolute atomic E-state index is 6.55. The van der Waals surface area contributed by atoms with Crippen molar-refractivity contribution < 1.29 is 4.74 Å². The highest BCUT2D eigenvalue weighted by Gasteiger charge is 2.51. The number of ether oxygens (including phenoxy) is 1. The third kappa shape index (κ3) is 4.87. The normalized spacial score (nSPS) is 14.8. The number of benzene rings is 7. The summed E-state index contributed by atoms with van der Waals surface area (Å²) in [6.45, 7) is 6.72. The molecule has 0 radical (unpaired) electrons. The summed E-state index contributed by atoms with van der Waals surface area (Å²) < 4.78 is 6.55. The van der Waals surface area contributed by atoms with Gasteiger partial charge < -0.3 is 4.74 Å². The number of nitrogens with one attached hydrogen (secondary N) is 2. The van der Waals surface area contributed by atoms with Crippen molar-refractivity contribution >= 4 is 17.2 Å². The lowest BCUT2D eigenvalue weighted by Crippen LogP contribution is -2.40. The van der Waals surface area contributed by atoms with E-state index < -0.39 is 5.41 Å². The van der Waals surface area contributed by atoms with E-state index in [2.05, 4.69) is 201 Å². The van der Waals surface area contributed by atoms with E-state index in [0.29, 0.717) is 0 Å². The van der Waals surface area contributed by atoms with E-state index in [9.17, 15) is 0 Å². The third-order valence-corrected chi connectivity index (χ3v) is 11.2. The Bertz CT molecular complexity index is 2620. The second-order valence-electron chi connectivity index (χ2n) is 15.3. The van der Waals surface area contributed by atoms with Crippen LogP contribution in [-0.2, 0) is 10.8 Å². The molecule has 4 heteroatoms. The minimum absolute atomic E-state index is 0.0605. The van der Waals surface area contributed by atoms with Crippen molar-refractivity contribution in [2.45, 2.75) is 31.6 Å². The van der Waals surface area contributed by atoms with Gasteiger partial charge >= 0.3 is 0 Å². The first-order chi connectivity index (χ1) is 26.4. The van der Waals surface area contributed by atoms with Crippen LogP contribution >= 0.6 is 0 Å². The molecule has 7 aromatic carbocycles. The van der Waals surface area contributed by atoms with Crippen LogP contribution in [0.5, 0.6) is 11.5 Å². The predicted molar refractivity (Wildman–Crippen MR) is 220 cm³/mol. The average molecular weight is 698 g/mol. The molecule has 0 atom stereocenters. The molecule has 1 aliphatic carbocycles. The van der Waals surface area contributed by atoms with Gasteiger partial charge in [0.15, 0.2) is 5.84 Å². The van der Waals surface area contributed by atoms with Crippen LogP contribution in [0.3, 0.4) is 0 Å². The maximum Gasteiger partial charge on any atom is 0.152 e. The van der Waals surface area contributed by atoms with Gasteiger partial charge in [0.2, 0.25) is 0 Å². The molecule has 3 aliphatic rings. The van der Waals surface area contributed by atoms with Gasteiger partial charge in [0.05, 0.1) is 16.8 Å². The fourth-order valence-corrected chi connectivity index (χ4v) is 8.62. The number of nitrogens with zero attached hydrogens (tertiary/aromatic N) is 1. The van der Waals surface area contributed by atoms with Gasteiger partial charge in [0, 0.05) is 27.8 Å². The molecule has 54 heavy (non-hydrogen) atoms. The number of hydrazine groups is 1. The van der Waals surface area contributed by atoms with Gasteiger partial charge in [-0.2, -0.15) is 0 Å². The minimum atomic E-state index is -0.518. The fourth-order valence-electron chi connectivity index (χ4n) is 8.62. The van der Waals surface area contributed by atoms with Crippen LogP contribution in [-0.4, -0.2) is 5.84 Å². The number of fused-ring (bicyclic) bond motifs is 9. The van der Waals surface area contributed by atoms with Crippen molar-refractivity contribution in [3.05, 3.63) is 214 Å². The zero-order valence-corrected chi connectivity index (χ0v) is 30.5. The van der Waals surface area contributed by atoms with Crippen molar-refractivity contribution in [3.8, 4) is 33.8 Å². The minimum Gasteiger partial charge on any atom is -0.457 e. The number of para-hydroxylation sites is 2. The van der Waals surface area contributed by atoms with E-state index in [4.69, 9.17) is 9.73 Å². The number of rotatable bonds is 4. The standard InChI is InChI=1S/C50H39N3O/c1-49(2,3)35-28-25-33(26-29-35)48-51-47(38-19-8-7-17-36(38)32-15-5-4-6-16-32)46(52-53-48)34-27-30-41-39(31-34)37-18-9-10-20-40(37)50(41)42-21-11-13-23-44(42)54-45-24-14-12-22-43(45)50/h4-31,52H,1-3H3,(H,51,53). The molecule has 0 aromatic heterocycles. The van der Waals surface area contributed by atoms with Crippen LogP contribution in [0.25, 0.3) is 33.6 Å². The van der Waals surface area contributed by atoms with Crippen LogP contribution in [0, 0.1) is 0 Å². The monoisotopic (exact) mass is 697 g/mol. The Labute approximate surface area is 316 Å². The molecule has 0 saturated carbocycles. The molecule has 7 aromatic rings. The van der Waals surface area contributed by atoms with E-state index in [-0.39, 0.29) is 5.41 Å². The quantitative estimate of drug-likeness (QED) is 0.192. The molecule has 2 aliphatic heterocycles. The van der Waals surface area contributed by atoms with Gasteiger partial charge in [-0.05, 0) is 62.6 Å². The number of amidine groups is 1. The summed E-state index contributed by atoms with van der Waals surface area (Å²) in [6, 6.07) is 60.6. The van der Waals surface area contributed by atoms with Crippen LogP contribution in [0.2, 0.25) is 0 Å². The summed E-state index contributed by atoms with van der Waals surface area (Å²) in [7, 11) is 0. The molecule has 4 nitrogen and oxygen atoms in total. The van der Waals surface area contributed by atoms with Gasteiger partial charge in [-0.15, -0.1) is 0 Å². The van der Waals surface area contributed by atoms with Crippen LogP contribution in [0.4, 0.5) is 0 Å². The van der Waals surface area contributed by atoms with Crippen molar-refractivity contribution in [3.63, 3.8) is 0 Å². The first-order valence-corrected chi connectivity index (χ1v) is 18.6. The Morgan fingerprint density at radius 2 is 1.02 bits per heavy atom. The third-order valence-electron chi connectivity index (χ3n) is 11.2. The largest absolute Gasteiger partial charge is 0.457 e. The molecule has 0 fully saturated rings. The lowest BCUT2D eigenvalue weighted by molar-refractivity contribution is 0.436. The highest BCUT2D eigenvalue weighted by molar-refractivity contribution is 6.08. The molecule has 0 saturated heterocycles. The Hall–Kier alpha value is -6.65. The lowest BCUT2D eigenvalue weighted by Gasteiger charge is -2.39. The number of hydrogen-bond acceptors (Lipinski definition) is 4. The summed E-state index contributed by atoms with van der Waals surface area (Å²) in [5, 5.41) is 0. The molecule has 10 rings (SSSR count). The summed E-state index contributed by atoms with van der Waals surface area (Å²) in [6.07, 6.45) is 0. The van der Waals surface area contributed by atoms with Gasteiger partial charge in [0.25, 0.3) is 0 Å². The highest BCUT2D eigenvalue weighted by Crippen LogP contribution is 2.62. The van der Waals surface area contributed by atoms with Gasteiger partial charge in [-0.3, -0.25) is 10.9 Å². The van der Waals surface area contributed by atoms with Crippen molar-refractivity contribution in [1.82, 2.24) is 10.9 Å². The van der Waals surface area contributed by atoms with Crippen LogP contribution in [0.1, 0.15) is 65.3 Å². The van der Waals surface area contributed by atoms with Gasteiger partial charge in [0.1, 0.15) is 11.5 Å². The molecule has 0 amide bonds. The first-order valence-electron chi connectivity index (χ1n) is 18.6. The average Bonchev–Trinajstić information content (AvgIpc) is 3.51. The zero-order chi connectivity index (χ0) is 36.4. The summed E-state index contributed by atoms with van der Waals surface area (Å²) in [5.41, 5.74) is 22.4. The molecular weight excluding hydrogens is 659 g/mol. The van der Waals surface area contributed by atoms with Gasteiger partial charge in [-0.1, -0.05) is 172 Å². The lowest BCUT2D eigenvalue weighted by atomic mass is 9.66. The maximum atomic E-state index is 6.55. The SMILES string of the molecule is CC(C)(C)c1ccc(C2=NC(c3ccccc3-c3ccccc3)=C(c3ccc4c(c3)-c3ccccc3C43c4ccccc4Oc4ccccc43)NN2)cc1.